The van der Waals surface area contributed by atoms with Crippen LogP contribution in [0.1, 0.15) is 26.7 Å². The summed E-state index contributed by atoms with van der Waals surface area (Å²) in [5, 5.41) is 0. The van der Waals surface area contributed by atoms with Crippen molar-refractivity contribution in [2.24, 2.45) is 5.41 Å². The number of benzene rings is 2. The first-order chi connectivity index (χ1) is 10.2. The van der Waals surface area contributed by atoms with Gasteiger partial charge >= 0.3 is 0 Å². The fraction of sp³-hybridized carbons (Fsp3) is 0.368. The number of ether oxygens (including phenoxy) is 2. The Balaban J connectivity index is 1.67. The molecule has 112 valence electrons. The van der Waals surface area contributed by atoms with Gasteiger partial charge in [-0.25, -0.2) is 0 Å². The molecule has 0 bridgehead atoms. The van der Waals surface area contributed by atoms with Gasteiger partial charge in [0.2, 0.25) is 0 Å². The van der Waals surface area contributed by atoms with E-state index in [1.807, 2.05) is 60.7 Å². The summed E-state index contributed by atoms with van der Waals surface area (Å²) in [6, 6.07) is 19.9. The molecule has 2 aromatic rings. The van der Waals surface area contributed by atoms with E-state index >= 15 is 0 Å². The van der Waals surface area contributed by atoms with Crippen molar-refractivity contribution in [2.75, 3.05) is 13.2 Å². The highest BCUT2D eigenvalue weighted by Gasteiger charge is 2.18. The fourth-order valence-electron chi connectivity index (χ4n) is 2.05. The van der Waals surface area contributed by atoms with Crippen molar-refractivity contribution in [2.45, 2.75) is 26.7 Å². The van der Waals surface area contributed by atoms with Gasteiger partial charge in [-0.1, -0.05) is 50.2 Å². The van der Waals surface area contributed by atoms with Crippen molar-refractivity contribution >= 4 is 0 Å². The molecule has 0 aliphatic carbocycles. The molecular formula is C19H24O2. The second-order valence-corrected chi connectivity index (χ2v) is 5.99. The van der Waals surface area contributed by atoms with E-state index in [1.54, 1.807) is 0 Å². The lowest BCUT2D eigenvalue weighted by molar-refractivity contribution is 0.181. The molecule has 2 nitrogen and oxygen atoms in total. The molecule has 0 fully saturated rings. The molecule has 0 aliphatic rings. The third kappa shape index (κ3) is 5.90. The fourth-order valence-corrected chi connectivity index (χ4v) is 2.05. The Bertz CT molecular complexity index is 458. The summed E-state index contributed by atoms with van der Waals surface area (Å²) < 4.78 is 11.5. The number of hydrogen-bond acceptors (Lipinski definition) is 2. The zero-order valence-electron chi connectivity index (χ0n) is 12.9. The van der Waals surface area contributed by atoms with Gasteiger partial charge in [-0.05, 0) is 42.5 Å². The second-order valence-electron chi connectivity index (χ2n) is 5.99. The van der Waals surface area contributed by atoms with E-state index in [9.17, 15) is 0 Å². The average Bonchev–Trinajstić information content (AvgIpc) is 2.49. The van der Waals surface area contributed by atoms with Crippen molar-refractivity contribution in [3.63, 3.8) is 0 Å². The van der Waals surface area contributed by atoms with E-state index in [0.29, 0.717) is 0 Å². The predicted octanol–water partition coefficient (Wildman–Crippen LogP) is 4.95. The molecule has 0 amide bonds. The van der Waals surface area contributed by atoms with E-state index in [0.717, 1.165) is 37.6 Å². The summed E-state index contributed by atoms with van der Waals surface area (Å²) in [6.45, 7) is 6.00. The van der Waals surface area contributed by atoms with Crippen molar-refractivity contribution in [1.82, 2.24) is 0 Å². The molecule has 21 heavy (non-hydrogen) atoms. The van der Waals surface area contributed by atoms with E-state index in [2.05, 4.69) is 13.8 Å². The molecule has 0 heterocycles. The maximum atomic E-state index is 5.77. The zero-order chi connectivity index (χ0) is 15.0. The Kier molecular flexibility index (Phi) is 5.68. The average molecular weight is 284 g/mol. The Morgan fingerprint density at radius 2 is 1.05 bits per heavy atom. The van der Waals surface area contributed by atoms with Crippen molar-refractivity contribution in [3.05, 3.63) is 60.7 Å². The highest BCUT2D eigenvalue weighted by atomic mass is 16.5. The number of hydrogen-bond donors (Lipinski definition) is 0. The van der Waals surface area contributed by atoms with Crippen LogP contribution < -0.4 is 9.47 Å². The minimum absolute atomic E-state index is 0.212. The molecule has 2 heteroatoms. The molecule has 0 radical (unpaired) electrons. The van der Waals surface area contributed by atoms with Gasteiger partial charge in [-0.15, -0.1) is 0 Å². The lowest BCUT2D eigenvalue weighted by atomic mass is 9.86. The van der Waals surface area contributed by atoms with Crippen LogP contribution >= 0.6 is 0 Å². The second kappa shape index (κ2) is 7.72. The van der Waals surface area contributed by atoms with Gasteiger partial charge in [-0.3, -0.25) is 0 Å². The molecule has 0 unspecified atom stereocenters. The Labute approximate surface area is 127 Å². The van der Waals surface area contributed by atoms with Gasteiger partial charge in [0, 0.05) is 0 Å². The van der Waals surface area contributed by atoms with Crippen LogP contribution in [0.3, 0.4) is 0 Å². The lowest BCUT2D eigenvalue weighted by Gasteiger charge is -2.24. The third-order valence-electron chi connectivity index (χ3n) is 3.58. The van der Waals surface area contributed by atoms with Crippen LogP contribution in [0.15, 0.2) is 60.7 Å². The summed E-state index contributed by atoms with van der Waals surface area (Å²) in [5.41, 5.74) is 0.212. The lowest BCUT2D eigenvalue weighted by Crippen LogP contribution is -2.19. The van der Waals surface area contributed by atoms with Gasteiger partial charge in [0.1, 0.15) is 11.5 Å². The van der Waals surface area contributed by atoms with E-state index < -0.39 is 0 Å². The molecule has 0 aliphatic heterocycles. The van der Waals surface area contributed by atoms with Crippen LogP contribution in [0.25, 0.3) is 0 Å². The summed E-state index contributed by atoms with van der Waals surface area (Å²) in [5.74, 6) is 1.88. The maximum absolute atomic E-state index is 5.77. The van der Waals surface area contributed by atoms with Crippen molar-refractivity contribution in [3.8, 4) is 11.5 Å². The highest BCUT2D eigenvalue weighted by molar-refractivity contribution is 5.21. The minimum atomic E-state index is 0.212. The van der Waals surface area contributed by atoms with Crippen LogP contribution in [0.2, 0.25) is 0 Å². The molecule has 0 saturated heterocycles. The van der Waals surface area contributed by atoms with Gasteiger partial charge in [-0.2, -0.15) is 0 Å². The van der Waals surface area contributed by atoms with Crippen molar-refractivity contribution in [1.29, 1.82) is 0 Å². The van der Waals surface area contributed by atoms with E-state index in [1.165, 1.54) is 0 Å². The molecule has 0 atom stereocenters. The third-order valence-corrected chi connectivity index (χ3v) is 3.58. The SMILES string of the molecule is CC(C)(CCOc1ccccc1)CCOc1ccccc1. The predicted molar refractivity (Wildman–Crippen MR) is 86.9 cm³/mol. The largest absolute Gasteiger partial charge is 0.494 e. The molecule has 2 aromatic carbocycles. The van der Waals surface area contributed by atoms with Crippen LogP contribution in [0.5, 0.6) is 11.5 Å². The molecule has 0 saturated carbocycles. The Hall–Kier alpha value is -1.96. The zero-order valence-corrected chi connectivity index (χ0v) is 12.9. The summed E-state index contributed by atoms with van der Waals surface area (Å²) >= 11 is 0. The Morgan fingerprint density at radius 3 is 1.43 bits per heavy atom. The molecular weight excluding hydrogens is 260 g/mol. The summed E-state index contributed by atoms with van der Waals surface area (Å²) in [6.07, 6.45) is 2.03. The monoisotopic (exact) mass is 284 g/mol. The van der Waals surface area contributed by atoms with Crippen LogP contribution in [0.4, 0.5) is 0 Å². The standard InChI is InChI=1S/C19H24O2/c1-19(2,13-15-20-17-9-5-3-6-10-17)14-16-21-18-11-7-4-8-12-18/h3-12H,13-16H2,1-2H3. The molecule has 0 aromatic heterocycles. The Morgan fingerprint density at radius 1 is 0.667 bits per heavy atom. The molecule has 0 N–H and O–H groups in total. The normalized spacial score (nSPS) is 11.1. The summed E-state index contributed by atoms with van der Waals surface area (Å²) in [7, 11) is 0. The van der Waals surface area contributed by atoms with Crippen LogP contribution in [-0.2, 0) is 0 Å². The van der Waals surface area contributed by atoms with Crippen LogP contribution in [0, 0.1) is 5.41 Å². The first kappa shape index (κ1) is 15.4. The molecule has 0 spiro atoms. The van der Waals surface area contributed by atoms with E-state index in [4.69, 9.17) is 9.47 Å². The maximum Gasteiger partial charge on any atom is 0.119 e. The first-order valence-corrected chi connectivity index (χ1v) is 7.51. The highest BCUT2D eigenvalue weighted by Crippen LogP contribution is 2.26. The van der Waals surface area contributed by atoms with Crippen LogP contribution in [-0.4, -0.2) is 13.2 Å². The van der Waals surface area contributed by atoms with E-state index in [-0.39, 0.29) is 5.41 Å². The molecule has 2 rings (SSSR count). The smallest absolute Gasteiger partial charge is 0.119 e. The van der Waals surface area contributed by atoms with Gasteiger partial charge in [0.05, 0.1) is 13.2 Å². The van der Waals surface area contributed by atoms with Gasteiger partial charge < -0.3 is 9.47 Å². The summed E-state index contributed by atoms with van der Waals surface area (Å²) in [4.78, 5) is 0. The van der Waals surface area contributed by atoms with Gasteiger partial charge in [0.15, 0.2) is 0 Å². The van der Waals surface area contributed by atoms with Gasteiger partial charge in [0.25, 0.3) is 0 Å². The first-order valence-electron chi connectivity index (χ1n) is 7.51. The van der Waals surface area contributed by atoms with Crippen molar-refractivity contribution < 1.29 is 9.47 Å². The quantitative estimate of drug-likeness (QED) is 0.682. The minimum Gasteiger partial charge on any atom is -0.494 e. The topological polar surface area (TPSA) is 18.5 Å². The number of rotatable bonds is 8. The number of para-hydroxylation sites is 2.